The van der Waals surface area contributed by atoms with Gasteiger partial charge in [0.25, 0.3) is 0 Å². The molecule has 5 nitrogen and oxygen atoms in total. The van der Waals surface area contributed by atoms with Gasteiger partial charge in [0.1, 0.15) is 0 Å². The van der Waals surface area contributed by atoms with E-state index in [9.17, 15) is 10.1 Å². The van der Waals surface area contributed by atoms with Crippen LogP contribution >= 0.6 is 22.9 Å². The first-order valence-electron chi connectivity index (χ1n) is 7.27. The Bertz CT molecular complexity index is 769. The number of nitriles is 1. The summed E-state index contributed by atoms with van der Waals surface area (Å²) < 4.78 is 0. The number of aromatic nitrogens is 1. The van der Waals surface area contributed by atoms with Crippen LogP contribution in [0.1, 0.15) is 6.92 Å². The largest absolute Gasteiger partial charge is 0.316 e. The quantitative estimate of drug-likeness (QED) is 0.684. The van der Waals surface area contributed by atoms with E-state index in [-0.39, 0.29) is 17.7 Å². The molecule has 1 amide bonds. The predicted molar refractivity (Wildman–Crippen MR) is 91.2 cm³/mol. The number of carbonyl (C=O) groups is 1. The van der Waals surface area contributed by atoms with E-state index in [1.165, 1.54) is 11.3 Å². The normalized spacial score (nSPS) is 20.2. The summed E-state index contributed by atoms with van der Waals surface area (Å²) in [5, 5.41) is 13.6. The van der Waals surface area contributed by atoms with Gasteiger partial charge in [0, 0.05) is 23.3 Å². The molecule has 1 saturated heterocycles. The lowest BCUT2D eigenvalue weighted by Crippen LogP contribution is -2.35. The fraction of sp³-hybridized carbons (Fsp3) is 0.312. The third-order valence-corrected chi connectivity index (χ3v) is 5.32. The van der Waals surface area contributed by atoms with Crippen molar-refractivity contribution < 1.29 is 4.79 Å². The van der Waals surface area contributed by atoms with E-state index in [2.05, 4.69) is 10.3 Å². The summed E-state index contributed by atoms with van der Waals surface area (Å²) in [5.41, 5.74) is 0.846. The number of rotatable bonds is 3. The van der Waals surface area contributed by atoms with E-state index >= 15 is 0 Å². The lowest BCUT2D eigenvalue weighted by molar-refractivity contribution is -0.122. The van der Waals surface area contributed by atoms with Gasteiger partial charge in [-0.25, -0.2) is 4.98 Å². The van der Waals surface area contributed by atoms with Crippen LogP contribution in [0.5, 0.6) is 0 Å². The molecule has 1 aromatic heterocycles. The topological polar surface area (TPSA) is 69.0 Å². The van der Waals surface area contributed by atoms with Gasteiger partial charge in [-0.15, -0.1) is 0 Å². The second kappa shape index (κ2) is 6.67. The van der Waals surface area contributed by atoms with Crippen LogP contribution < -0.4 is 10.2 Å². The highest BCUT2D eigenvalue weighted by molar-refractivity contribution is 7.19. The maximum Gasteiger partial charge on any atom is 0.246 e. The number of nitrogens with zero attached hydrogens (tertiary/aromatic N) is 3. The number of hydrogen-bond acceptors (Lipinski definition) is 5. The maximum atomic E-state index is 12.6. The molecular weight excluding hydrogens is 332 g/mol. The number of thiazole rings is 1. The second-order valence-corrected chi connectivity index (χ2v) is 6.92. The Balaban J connectivity index is 1.88. The highest BCUT2D eigenvalue weighted by atomic mass is 35.5. The number of anilines is 1. The average molecular weight is 347 g/mol. The smallest absolute Gasteiger partial charge is 0.246 e. The van der Waals surface area contributed by atoms with Gasteiger partial charge in [-0.3, -0.25) is 4.79 Å². The zero-order chi connectivity index (χ0) is 16.4. The highest BCUT2D eigenvalue weighted by Gasteiger charge is 2.34. The van der Waals surface area contributed by atoms with Crippen molar-refractivity contribution in [1.29, 1.82) is 5.26 Å². The van der Waals surface area contributed by atoms with Crippen molar-refractivity contribution >= 4 is 34.0 Å². The first-order valence-corrected chi connectivity index (χ1v) is 8.46. The molecule has 7 heteroatoms. The van der Waals surface area contributed by atoms with Gasteiger partial charge in [0.05, 0.1) is 10.8 Å². The molecule has 2 heterocycles. The first kappa shape index (κ1) is 15.9. The SMILES string of the molecule is C[C@H]1CNC[C@@H]1C(=O)N(C#N)c1ncc(-c2ccccc2Cl)s1. The molecule has 2 atom stereocenters. The van der Waals surface area contributed by atoms with E-state index in [4.69, 9.17) is 11.6 Å². The molecule has 0 aliphatic carbocycles. The minimum Gasteiger partial charge on any atom is -0.316 e. The van der Waals surface area contributed by atoms with Gasteiger partial charge in [-0.2, -0.15) is 10.2 Å². The van der Waals surface area contributed by atoms with Crippen molar-refractivity contribution in [2.75, 3.05) is 18.0 Å². The van der Waals surface area contributed by atoms with Crippen molar-refractivity contribution in [3.63, 3.8) is 0 Å². The Morgan fingerprint density at radius 1 is 1.48 bits per heavy atom. The highest BCUT2D eigenvalue weighted by Crippen LogP contribution is 2.35. The zero-order valence-electron chi connectivity index (χ0n) is 12.5. The van der Waals surface area contributed by atoms with E-state index in [1.54, 1.807) is 12.3 Å². The molecule has 0 spiro atoms. The van der Waals surface area contributed by atoms with Gasteiger partial charge in [0.15, 0.2) is 6.19 Å². The van der Waals surface area contributed by atoms with Gasteiger partial charge in [0.2, 0.25) is 11.0 Å². The number of carbonyl (C=O) groups excluding carboxylic acids is 1. The summed E-state index contributed by atoms with van der Waals surface area (Å²) in [6, 6.07) is 7.43. The Morgan fingerprint density at radius 2 is 2.26 bits per heavy atom. The lowest BCUT2D eigenvalue weighted by atomic mass is 9.97. The minimum absolute atomic E-state index is 0.192. The van der Waals surface area contributed by atoms with Crippen molar-refractivity contribution in [3.05, 3.63) is 35.5 Å². The van der Waals surface area contributed by atoms with E-state index in [1.807, 2.05) is 31.3 Å². The van der Waals surface area contributed by atoms with Crippen LogP contribution in [0.3, 0.4) is 0 Å². The van der Waals surface area contributed by atoms with Crippen LogP contribution in [0.2, 0.25) is 5.02 Å². The standard InChI is InChI=1S/C16H15ClN4OS/c1-10-6-19-7-12(10)15(22)21(9-18)16-20-8-14(23-16)11-4-2-3-5-13(11)17/h2-5,8,10,12,19H,6-7H2,1H3/t10-,12-/m0/s1. The molecule has 1 N–H and O–H groups in total. The molecule has 3 rings (SSSR count). The fourth-order valence-electron chi connectivity index (χ4n) is 2.65. The van der Waals surface area contributed by atoms with Crippen LogP contribution in [0, 0.1) is 23.3 Å². The van der Waals surface area contributed by atoms with Crippen molar-refractivity contribution in [2.24, 2.45) is 11.8 Å². The summed E-state index contributed by atoms with van der Waals surface area (Å²) in [7, 11) is 0. The molecule has 0 saturated carbocycles. The van der Waals surface area contributed by atoms with Crippen molar-refractivity contribution in [3.8, 4) is 16.6 Å². The summed E-state index contributed by atoms with van der Waals surface area (Å²) in [5.74, 6) is -0.186. The average Bonchev–Trinajstić information content (AvgIpc) is 3.18. The monoisotopic (exact) mass is 346 g/mol. The molecular formula is C16H15ClN4OS. The number of nitrogens with one attached hydrogen (secondary N) is 1. The van der Waals surface area contributed by atoms with Crippen LogP contribution in [-0.4, -0.2) is 24.0 Å². The first-order chi connectivity index (χ1) is 11.1. The van der Waals surface area contributed by atoms with Gasteiger partial charge < -0.3 is 5.32 Å². The maximum absolute atomic E-state index is 12.6. The summed E-state index contributed by atoms with van der Waals surface area (Å²) in [6.07, 6.45) is 3.61. The van der Waals surface area contributed by atoms with Crippen molar-refractivity contribution in [2.45, 2.75) is 6.92 Å². The van der Waals surface area contributed by atoms with Crippen LogP contribution in [0.4, 0.5) is 5.13 Å². The molecule has 1 fully saturated rings. The van der Waals surface area contributed by atoms with Gasteiger partial charge in [-0.1, -0.05) is 48.1 Å². The summed E-state index contributed by atoms with van der Waals surface area (Å²) in [6.45, 7) is 3.40. The Morgan fingerprint density at radius 3 is 2.91 bits per heavy atom. The molecule has 1 aliphatic heterocycles. The second-order valence-electron chi connectivity index (χ2n) is 5.50. The van der Waals surface area contributed by atoms with Crippen LogP contribution in [0.25, 0.3) is 10.4 Å². The minimum atomic E-state index is -0.204. The number of hydrogen-bond donors (Lipinski definition) is 1. The Hall–Kier alpha value is -1.94. The molecule has 23 heavy (non-hydrogen) atoms. The molecule has 2 aromatic rings. The molecule has 0 unspecified atom stereocenters. The number of benzene rings is 1. The predicted octanol–water partition coefficient (Wildman–Crippen LogP) is 3.13. The van der Waals surface area contributed by atoms with Gasteiger partial charge >= 0.3 is 0 Å². The third-order valence-electron chi connectivity index (χ3n) is 3.98. The van der Waals surface area contributed by atoms with Crippen LogP contribution in [-0.2, 0) is 4.79 Å². The van der Waals surface area contributed by atoms with Crippen LogP contribution in [0.15, 0.2) is 30.5 Å². The number of amides is 1. The molecule has 1 aromatic carbocycles. The van der Waals surface area contributed by atoms with E-state index in [0.717, 1.165) is 21.9 Å². The summed E-state index contributed by atoms with van der Waals surface area (Å²) >= 11 is 7.48. The Kier molecular flexibility index (Phi) is 4.62. The van der Waals surface area contributed by atoms with E-state index < -0.39 is 0 Å². The molecule has 0 bridgehead atoms. The number of halogens is 1. The fourth-order valence-corrected chi connectivity index (χ4v) is 3.86. The Labute approximate surface area is 143 Å². The zero-order valence-corrected chi connectivity index (χ0v) is 14.1. The van der Waals surface area contributed by atoms with Crippen molar-refractivity contribution in [1.82, 2.24) is 10.3 Å². The molecule has 0 radical (unpaired) electrons. The van der Waals surface area contributed by atoms with Gasteiger partial charge in [-0.05, 0) is 18.5 Å². The van der Waals surface area contributed by atoms with E-state index in [0.29, 0.717) is 16.7 Å². The molecule has 1 aliphatic rings. The molecule has 118 valence electrons. The third kappa shape index (κ3) is 3.08. The summed E-state index contributed by atoms with van der Waals surface area (Å²) in [4.78, 5) is 18.8. The lowest BCUT2D eigenvalue weighted by Gasteiger charge is -2.17.